The number of amides is 2. The lowest BCUT2D eigenvalue weighted by Crippen LogP contribution is -2.32. The molecule has 11 nitrogen and oxygen atoms in total. The van der Waals surface area contributed by atoms with Gasteiger partial charge in [0, 0.05) is 57.4 Å². The summed E-state index contributed by atoms with van der Waals surface area (Å²) >= 11 is 0. The molecule has 5 aromatic rings. The molecular weight excluding hydrogens is 494 g/mol. The van der Waals surface area contributed by atoms with Crippen molar-refractivity contribution < 1.29 is 9.59 Å². The Labute approximate surface area is 224 Å². The first kappa shape index (κ1) is 24.4. The Morgan fingerprint density at radius 2 is 1.77 bits per heavy atom. The molecule has 4 aromatic heterocycles. The SMILES string of the molecule is Cc1ncc(C(=O)NCCN2Cc3ccccc3C2)cc1NC(=O)c1nnc2cc(-c3cnn(C)c3)ccn12. The highest BCUT2D eigenvalue weighted by atomic mass is 16.2. The Morgan fingerprint density at radius 3 is 2.51 bits per heavy atom. The summed E-state index contributed by atoms with van der Waals surface area (Å²) in [5, 5.41) is 18.2. The van der Waals surface area contributed by atoms with Crippen molar-refractivity contribution in [1.29, 1.82) is 0 Å². The molecule has 2 N–H and O–H groups in total. The lowest BCUT2D eigenvalue weighted by molar-refractivity contribution is 0.0946. The number of pyridine rings is 2. The van der Waals surface area contributed by atoms with Crippen LogP contribution in [0.25, 0.3) is 16.8 Å². The van der Waals surface area contributed by atoms with Crippen LogP contribution in [0.15, 0.2) is 67.3 Å². The molecule has 0 atom stereocenters. The number of rotatable bonds is 7. The van der Waals surface area contributed by atoms with Gasteiger partial charge in [-0.15, -0.1) is 10.2 Å². The number of carbonyl (C=O) groups is 2. The third kappa shape index (κ3) is 4.99. The monoisotopic (exact) mass is 521 g/mol. The molecule has 39 heavy (non-hydrogen) atoms. The summed E-state index contributed by atoms with van der Waals surface area (Å²) in [6.45, 7) is 4.79. The summed E-state index contributed by atoms with van der Waals surface area (Å²) in [5.41, 5.74) is 6.45. The van der Waals surface area contributed by atoms with E-state index >= 15 is 0 Å². The Kier molecular flexibility index (Phi) is 6.33. The van der Waals surface area contributed by atoms with Crippen molar-refractivity contribution in [2.75, 3.05) is 18.4 Å². The molecule has 1 aromatic carbocycles. The molecule has 0 aliphatic carbocycles. The number of benzene rings is 1. The van der Waals surface area contributed by atoms with Crippen LogP contribution in [0.4, 0.5) is 5.69 Å². The number of hydrogen-bond donors (Lipinski definition) is 2. The van der Waals surface area contributed by atoms with Crippen LogP contribution in [-0.4, -0.2) is 59.2 Å². The standard InChI is InChI=1S/C28H27N9O2/c1-18-24(11-22(13-30-18)27(38)29-8-10-36-16-20-5-3-4-6-21(20)17-36)32-28(39)26-34-33-25-12-19(7-9-37(25)26)23-14-31-35(2)15-23/h3-7,9,11-15H,8,10,16-17H2,1-2H3,(H,29,38)(H,32,39). The van der Waals surface area contributed by atoms with Gasteiger partial charge >= 0.3 is 0 Å². The maximum absolute atomic E-state index is 13.1. The van der Waals surface area contributed by atoms with E-state index in [1.807, 2.05) is 25.4 Å². The maximum Gasteiger partial charge on any atom is 0.294 e. The Hall–Kier alpha value is -4.90. The number of aromatic nitrogens is 6. The highest BCUT2D eigenvalue weighted by Gasteiger charge is 2.19. The van der Waals surface area contributed by atoms with E-state index in [-0.39, 0.29) is 11.7 Å². The van der Waals surface area contributed by atoms with Gasteiger partial charge in [-0.1, -0.05) is 24.3 Å². The molecule has 0 fully saturated rings. The molecule has 5 heterocycles. The molecule has 0 saturated carbocycles. The molecule has 11 heteroatoms. The molecular formula is C28H27N9O2. The molecule has 0 spiro atoms. The van der Waals surface area contributed by atoms with Crippen molar-refractivity contribution in [3.05, 3.63) is 95.5 Å². The fourth-order valence-corrected chi connectivity index (χ4v) is 4.75. The van der Waals surface area contributed by atoms with Crippen molar-refractivity contribution in [2.45, 2.75) is 20.0 Å². The van der Waals surface area contributed by atoms with Gasteiger partial charge in [0.1, 0.15) is 0 Å². The Balaban J connectivity index is 1.10. The molecule has 1 aliphatic heterocycles. The van der Waals surface area contributed by atoms with Crippen molar-refractivity contribution >= 4 is 23.1 Å². The minimum Gasteiger partial charge on any atom is -0.351 e. The number of anilines is 1. The van der Waals surface area contributed by atoms with E-state index in [1.165, 1.54) is 17.3 Å². The Morgan fingerprint density at radius 1 is 0.974 bits per heavy atom. The van der Waals surface area contributed by atoms with Crippen LogP contribution in [0.5, 0.6) is 0 Å². The number of nitrogens with zero attached hydrogens (tertiary/aromatic N) is 7. The molecule has 1 aliphatic rings. The van der Waals surface area contributed by atoms with E-state index in [0.29, 0.717) is 29.1 Å². The van der Waals surface area contributed by atoms with Gasteiger partial charge in [0.15, 0.2) is 5.65 Å². The van der Waals surface area contributed by atoms with Crippen molar-refractivity contribution in [1.82, 2.24) is 39.6 Å². The average Bonchev–Trinajstić information content (AvgIpc) is 3.67. The van der Waals surface area contributed by atoms with Crippen LogP contribution in [0.2, 0.25) is 0 Å². The van der Waals surface area contributed by atoms with Gasteiger partial charge in [0.05, 0.1) is 23.1 Å². The molecule has 0 unspecified atom stereocenters. The lowest BCUT2D eigenvalue weighted by atomic mass is 10.1. The fraction of sp³-hybridized carbons (Fsp3) is 0.214. The van der Waals surface area contributed by atoms with Gasteiger partial charge < -0.3 is 10.6 Å². The number of fused-ring (bicyclic) bond motifs is 2. The summed E-state index contributed by atoms with van der Waals surface area (Å²) < 4.78 is 3.34. The van der Waals surface area contributed by atoms with Gasteiger partial charge in [-0.3, -0.25) is 28.6 Å². The van der Waals surface area contributed by atoms with Gasteiger partial charge in [-0.05, 0) is 41.8 Å². The second-order valence-corrected chi connectivity index (χ2v) is 9.62. The lowest BCUT2D eigenvalue weighted by Gasteiger charge is -2.15. The smallest absolute Gasteiger partial charge is 0.294 e. The third-order valence-electron chi connectivity index (χ3n) is 6.87. The molecule has 0 bridgehead atoms. The van der Waals surface area contributed by atoms with Crippen molar-refractivity contribution in [2.24, 2.45) is 7.05 Å². The first-order valence-corrected chi connectivity index (χ1v) is 12.6. The van der Waals surface area contributed by atoms with E-state index in [2.05, 4.69) is 60.1 Å². The minimum absolute atomic E-state index is 0.128. The largest absolute Gasteiger partial charge is 0.351 e. The molecule has 6 rings (SSSR count). The maximum atomic E-state index is 13.1. The minimum atomic E-state index is -0.451. The number of hydrogen-bond acceptors (Lipinski definition) is 7. The van der Waals surface area contributed by atoms with Gasteiger partial charge in [-0.2, -0.15) is 5.10 Å². The molecule has 2 amide bonds. The predicted octanol–water partition coefficient (Wildman–Crippen LogP) is 2.83. The number of nitrogens with one attached hydrogen (secondary N) is 2. The van der Waals surface area contributed by atoms with Crippen LogP contribution >= 0.6 is 0 Å². The van der Waals surface area contributed by atoms with Crippen molar-refractivity contribution in [3.8, 4) is 11.1 Å². The van der Waals surface area contributed by atoms with Gasteiger partial charge in [0.2, 0.25) is 5.82 Å². The normalized spacial score (nSPS) is 13.0. The van der Waals surface area contributed by atoms with E-state index in [1.54, 1.807) is 34.5 Å². The van der Waals surface area contributed by atoms with Crippen LogP contribution in [0.3, 0.4) is 0 Å². The first-order chi connectivity index (χ1) is 18.9. The van der Waals surface area contributed by atoms with E-state index in [9.17, 15) is 9.59 Å². The predicted molar refractivity (Wildman–Crippen MR) is 145 cm³/mol. The second-order valence-electron chi connectivity index (χ2n) is 9.62. The zero-order valence-electron chi connectivity index (χ0n) is 21.6. The highest BCUT2D eigenvalue weighted by molar-refractivity contribution is 6.03. The van der Waals surface area contributed by atoms with Crippen LogP contribution in [-0.2, 0) is 20.1 Å². The number of carbonyl (C=O) groups excluding carboxylic acids is 2. The summed E-state index contributed by atoms with van der Waals surface area (Å²) in [6, 6.07) is 13.7. The van der Waals surface area contributed by atoms with Crippen LogP contribution in [0.1, 0.15) is 37.8 Å². The first-order valence-electron chi connectivity index (χ1n) is 12.6. The molecule has 0 radical (unpaired) electrons. The average molecular weight is 522 g/mol. The highest BCUT2D eigenvalue weighted by Crippen LogP contribution is 2.22. The summed E-state index contributed by atoms with van der Waals surface area (Å²) in [5.74, 6) is -0.568. The number of aryl methyl sites for hydroxylation is 2. The summed E-state index contributed by atoms with van der Waals surface area (Å²) in [4.78, 5) is 32.6. The molecule has 196 valence electrons. The van der Waals surface area contributed by atoms with E-state index < -0.39 is 5.91 Å². The second kappa shape index (κ2) is 10.1. The fourth-order valence-electron chi connectivity index (χ4n) is 4.75. The Bertz CT molecular complexity index is 1680. The van der Waals surface area contributed by atoms with E-state index in [4.69, 9.17) is 0 Å². The zero-order chi connectivity index (χ0) is 26.9. The van der Waals surface area contributed by atoms with Crippen LogP contribution < -0.4 is 10.6 Å². The van der Waals surface area contributed by atoms with E-state index in [0.717, 1.165) is 30.8 Å². The topological polar surface area (TPSA) is 122 Å². The summed E-state index contributed by atoms with van der Waals surface area (Å²) in [6.07, 6.45) is 6.93. The summed E-state index contributed by atoms with van der Waals surface area (Å²) in [7, 11) is 1.85. The quantitative estimate of drug-likeness (QED) is 0.338. The molecule has 0 saturated heterocycles. The van der Waals surface area contributed by atoms with Gasteiger partial charge in [0.25, 0.3) is 11.8 Å². The van der Waals surface area contributed by atoms with Crippen molar-refractivity contribution in [3.63, 3.8) is 0 Å². The zero-order valence-corrected chi connectivity index (χ0v) is 21.6. The van der Waals surface area contributed by atoms with Crippen LogP contribution in [0, 0.1) is 6.92 Å². The third-order valence-corrected chi connectivity index (χ3v) is 6.87. The van der Waals surface area contributed by atoms with Gasteiger partial charge in [-0.25, -0.2) is 0 Å².